The minimum Gasteiger partial charge on any atom is -0.356 e. The van der Waals surface area contributed by atoms with E-state index in [1.165, 1.54) is 25.8 Å². The maximum Gasteiger partial charge on any atom is 0.246 e. The van der Waals surface area contributed by atoms with Gasteiger partial charge in [0.2, 0.25) is 11.7 Å². The molecular formula is C20H29ClN6O. The number of guanidine groups is 1. The van der Waals surface area contributed by atoms with Crippen molar-refractivity contribution in [3.8, 4) is 11.4 Å². The van der Waals surface area contributed by atoms with Crippen LogP contribution in [0.4, 0.5) is 0 Å². The van der Waals surface area contributed by atoms with Crippen molar-refractivity contribution in [3.05, 3.63) is 35.2 Å². The largest absolute Gasteiger partial charge is 0.356 e. The number of likely N-dealkylation sites (tertiary alicyclic amines) is 1. The Morgan fingerprint density at radius 1 is 1.29 bits per heavy atom. The summed E-state index contributed by atoms with van der Waals surface area (Å²) >= 11 is 5.91. The summed E-state index contributed by atoms with van der Waals surface area (Å²) in [5.74, 6) is 1.79. The number of hydrogen-bond donors (Lipinski definition) is 2. The van der Waals surface area contributed by atoms with Gasteiger partial charge in [0.25, 0.3) is 0 Å². The van der Waals surface area contributed by atoms with Gasteiger partial charge in [0.05, 0.1) is 6.54 Å². The zero-order chi connectivity index (χ0) is 19.8. The molecule has 8 heteroatoms. The monoisotopic (exact) mass is 404 g/mol. The highest BCUT2D eigenvalue weighted by molar-refractivity contribution is 6.30. The number of hydrogen-bond acceptors (Lipinski definition) is 5. The summed E-state index contributed by atoms with van der Waals surface area (Å²) < 4.78 is 5.31. The fraction of sp³-hybridized carbons (Fsp3) is 0.550. The van der Waals surface area contributed by atoms with Gasteiger partial charge in [0.15, 0.2) is 5.96 Å². The van der Waals surface area contributed by atoms with Crippen molar-refractivity contribution in [1.82, 2.24) is 25.7 Å². The molecule has 1 aromatic carbocycles. The molecule has 28 heavy (non-hydrogen) atoms. The van der Waals surface area contributed by atoms with Gasteiger partial charge >= 0.3 is 0 Å². The molecule has 0 aliphatic carbocycles. The Labute approximate surface area is 171 Å². The summed E-state index contributed by atoms with van der Waals surface area (Å²) in [6.45, 7) is 5.97. The summed E-state index contributed by atoms with van der Waals surface area (Å²) in [5, 5.41) is 11.3. The Balaban J connectivity index is 1.40. The molecule has 1 aromatic heterocycles. The topological polar surface area (TPSA) is 78.6 Å². The first-order valence-electron chi connectivity index (χ1n) is 9.93. The van der Waals surface area contributed by atoms with Gasteiger partial charge in [-0.15, -0.1) is 0 Å². The number of aromatic nitrogens is 2. The summed E-state index contributed by atoms with van der Waals surface area (Å²) in [7, 11) is 1.76. The van der Waals surface area contributed by atoms with E-state index in [0.717, 1.165) is 31.0 Å². The SMILES string of the molecule is CN=C(NCCCN1CCCCC1C)NCc1nc(-c2ccc(Cl)cc2)no1. The second-order valence-corrected chi connectivity index (χ2v) is 7.54. The Hall–Kier alpha value is -2.12. The second-order valence-electron chi connectivity index (χ2n) is 7.11. The zero-order valence-corrected chi connectivity index (χ0v) is 17.4. The van der Waals surface area contributed by atoms with Gasteiger partial charge in [-0.05, 0) is 57.0 Å². The van der Waals surface area contributed by atoms with Gasteiger partial charge in [0, 0.05) is 36.8 Å². The lowest BCUT2D eigenvalue weighted by Crippen LogP contribution is -2.41. The molecule has 0 spiro atoms. The highest BCUT2D eigenvalue weighted by Crippen LogP contribution is 2.18. The molecule has 0 amide bonds. The molecule has 1 atom stereocenters. The summed E-state index contributed by atoms with van der Waals surface area (Å²) in [6.07, 6.45) is 5.09. The fourth-order valence-corrected chi connectivity index (χ4v) is 3.53. The molecule has 0 saturated carbocycles. The van der Waals surface area contributed by atoms with E-state index in [2.05, 4.69) is 37.6 Å². The van der Waals surface area contributed by atoms with E-state index in [-0.39, 0.29) is 0 Å². The van der Waals surface area contributed by atoms with Crippen molar-refractivity contribution in [2.75, 3.05) is 26.7 Å². The van der Waals surface area contributed by atoms with E-state index < -0.39 is 0 Å². The Kier molecular flexibility index (Phi) is 7.68. The van der Waals surface area contributed by atoms with Crippen molar-refractivity contribution in [3.63, 3.8) is 0 Å². The van der Waals surface area contributed by atoms with Crippen LogP contribution in [0, 0.1) is 0 Å². The first kappa shape index (κ1) is 20.6. The lowest BCUT2D eigenvalue weighted by atomic mass is 10.0. The van der Waals surface area contributed by atoms with Gasteiger partial charge in [-0.2, -0.15) is 4.98 Å². The number of rotatable bonds is 7. The van der Waals surface area contributed by atoms with E-state index in [1.54, 1.807) is 7.05 Å². The fourth-order valence-electron chi connectivity index (χ4n) is 3.40. The lowest BCUT2D eigenvalue weighted by Gasteiger charge is -2.33. The van der Waals surface area contributed by atoms with Gasteiger partial charge < -0.3 is 20.1 Å². The quantitative estimate of drug-likeness (QED) is 0.418. The Bertz CT molecular complexity index is 760. The summed E-state index contributed by atoms with van der Waals surface area (Å²) in [6, 6.07) is 8.06. The lowest BCUT2D eigenvalue weighted by molar-refractivity contribution is 0.159. The van der Waals surface area contributed by atoms with Crippen molar-refractivity contribution >= 4 is 17.6 Å². The van der Waals surface area contributed by atoms with Crippen LogP contribution in [-0.4, -0.2) is 53.7 Å². The van der Waals surface area contributed by atoms with Crippen LogP contribution in [0.5, 0.6) is 0 Å². The number of piperidine rings is 1. The van der Waals surface area contributed by atoms with Crippen molar-refractivity contribution in [2.45, 2.75) is 45.2 Å². The van der Waals surface area contributed by atoms with Crippen molar-refractivity contribution < 1.29 is 4.52 Å². The van der Waals surface area contributed by atoms with Crippen LogP contribution < -0.4 is 10.6 Å². The molecule has 1 unspecified atom stereocenters. The second kappa shape index (κ2) is 10.4. The Morgan fingerprint density at radius 2 is 2.11 bits per heavy atom. The van der Waals surface area contributed by atoms with Crippen LogP contribution in [0.25, 0.3) is 11.4 Å². The highest BCUT2D eigenvalue weighted by atomic mass is 35.5. The van der Waals surface area contributed by atoms with Crippen LogP contribution in [0.15, 0.2) is 33.8 Å². The molecule has 2 aromatic rings. The number of nitrogens with one attached hydrogen (secondary N) is 2. The van der Waals surface area contributed by atoms with Crippen LogP contribution >= 0.6 is 11.6 Å². The number of benzene rings is 1. The van der Waals surface area contributed by atoms with Gasteiger partial charge in [-0.3, -0.25) is 4.99 Å². The number of halogens is 1. The molecule has 1 aliphatic rings. The first-order chi connectivity index (χ1) is 13.7. The summed E-state index contributed by atoms with van der Waals surface area (Å²) in [4.78, 5) is 11.2. The molecule has 2 N–H and O–H groups in total. The maximum atomic E-state index is 5.91. The van der Waals surface area contributed by atoms with Crippen molar-refractivity contribution in [1.29, 1.82) is 0 Å². The van der Waals surface area contributed by atoms with E-state index in [0.29, 0.717) is 29.3 Å². The molecule has 2 heterocycles. The van der Waals surface area contributed by atoms with E-state index >= 15 is 0 Å². The summed E-state index contributed by atoms with van der Waals surface area (Å²) in [5.41, 5.74) is 0.869. The van der Waals surface area contributed by atoms with Crippen LogP contribution in [-0.2, 0) is 6.54 Å². The zero-order valence-electron chi connectivity index (χ0n) is 16.6. The van der Waals surface area contributed by atoms with Crippen LogP contribution in [0.1, 0.15) is 38.5 Å². The average molecular weight is 405 g/mol. The predicted molar refractivity (Wildman–Crippen MR) is 112 cm³/mol. The number of aliphatic imine (C=N–C) groups is 1. The highest BCUT2D eigenvalue weighted by Gasteiger charge is 2.17. The van der Waals surface area contributed by atoms with Gasteiger partial charge in [-0.1, -0.05) is 23.2 Å². The average Bonchev–Trinajstić information content (AvgIpc) is 3.18. The van der Waals surface area contributed by atoms with E-state index in [1.807, 2.05) is 24.3 Å². The van der Waals surface area contributed by atoms with Crippen LogP contribution in [0.3, 0.4) is 0 Å². The smallest absolute Gasteiger partial charge is 0.246 e. The third kappa shape index (κ3) is 5.94. The van der Waals surface area contributed by atoms with E-state index in [9.17, 15) is 0 Å². The normalized spacial score (nSPS) is 18.2. The molecule has 3 rings (SSSR count). The minimum absolute atomic E-state index is 0.420. The Morgan fingerprint density at radius 3 is 2.86 bits per heavy atom. The third-order valence-electron chi connectivity index (χ3n) is 5.06. The van der Waals surface area contributed by atoms with Crippen molar-refractivity contribution in [2.24, 2.45) is 4.99 Å². The predicted octanol–water partition coefficient (Wildman–Crippen LogP) is 3.32. The first-order valence-corrected chi connectivity index (χ1v) is 10.3. The molecule has 1 aliphatic heterocycles. The molecule has 0 radical (unpaired) electrons. The number of nitrogens with zero attached hydrogens (tertiary/aromatic N) is 4. The molecule has 152 valence electrons. The molecule has 1 fully saturated rings. The minimum atomic E-state index is 0.420. The van der Waals surface area contributed by atoms with Gasteiger partial charge in [-0.25, -0.2) is 0 Å². The molecule has 0 bridgehead atoms. The van der Waals surface area contributed by atoms with E-state index in [4.69, 9.17) is 16.1 Å². The molecular weight excluding hydrogens is 376 g/mol. The standard InChI is InChI=1S/C20H29ClN6O/c1-15-6-3-4-12-27(15)13-5-11-23-20(22-2)24-14-18-25-19(26-28-18)16-7-9-17(21)10-8-16/h7-10,15H,3-6,11-14H2,1-2H3,(H2,22,23,24). The molecule has 1 saturated heterocycles. The third-order valence-corrected chi connectivity index (χ3v) is 5.31. The molecule has 7 nitrogen and oxygen atoms in total. The maximum absolute atomic E-state index is 5.91. The van der Waals surface area contributed by atoms with Crippen LogP contribution in [0.2, 0.25) is 5.02 Å². The van der Waals surface area contributed by atoms with Gasteiger partial charge in [0.1, 0.15) is 0 Å².